The van der Waals surface area contributed by atoms with Gasteiger partial charge in [-0.1, -0.05) is 18.2 Å². The molecule has 1 heterocycles. The number of nitrogens with one attached hydrogen (secondary N) is 2. The molecule has 0 aliphatic carbocycles. The molecule has 5 nitrogen and oxygen atoms in total. The van der Waals surface area contributed by atoms with Crippen molar-refractivity contribution in [1.29, 1.82) is 0 Å². The molecule has 0 bridgehead atoms. The summed E-state index contributed by atoms with van der Waals surface area (Å²) >= 11 is 0. The van der Waals surface area contributed by atoms with Crippen molar-refractivity contribution in [3.8, 4) is 11.5 Å². The molecule has 6 heteroatoms. The van der Waals surface area contributed by atoms with Gasteiger partial charge < -0.3 is 24.9 Å². The summed E-state index contributed by atoms with van der Waals surface area (Å²) < 4.78 is 11.1. The standard InChI is InChI=1S/C23H30N2O3.ClH/c1-16-7-5-6-8-22(16)28-15-18(26)14-25-23(2,3)12-17-13-24-21-10-9-19(27-4)11-20(17)21;/h5-11,13,18,24-26H,12,14-15H2,1-4H3;1H. The fourth-order valence-corrected chi connectivity index (χ4v) is 3.33. The van der Waals surface area contributed by atoms with E-state index in [-0.39, 0.29) is 24.6 Å². The first-order valence-corrected chi connectivity index (χ1v) is 9.63. The van der Waals surface area contributed by atoms with Gasteiger partial charge in [0.25, 0.3) is 0 Å². The third kappa shape index (κ3) is 6.13. The highest BCUT2D eigenvalue weighted by molar-refractivity contribution is 5.85. The minimum Gasteiger partial charge on any atom is -0.497 e. The lowest BCUT2D eigenvalue weighted by Gasteiger charge is -2.28. The number of aliphatic hydroxyl groups excluding tert-OH is 1. The first kappa shape index (κ1) is 23.1. The van der Waals surface area contributed by atoms with E-state index in [1.807, 2.05) is 49.5 Å². The number of β-amino-alcohol motifs (C(OH)–C–C–N with tert-alkyl or cyclic N) is 1. The molecule has 0 spiro atoms. The van der Waals surface area contributed by atoms with E-state index in [4.69, 9.17) is 9.47 Å². The summed E-state index contributed by atoms with van der Waals surface area (Å²) in [7, 11) is 1.68. The lowest BCUT2D eigenvalue weighted by Crippen LogP contribution is -2.46. The van der Waals surface area contributed by atoms with Gasteiger partial charge in [-0.25, -0.2) is 0 Å². The first-order chi connectivity index (χ1) is 13.4. The van der Waals surface area contributed by atoms with Gasteiger partial charge in [-0.05, 0) is 62.6 Å². The van der Waals surface area contributed by atoms with Crippen LogP contribution in [0.5, 0.6) is 11.5 Å². The largest absolute Gasteiger partial charge is 0.497 e. The fourth-order valence-electron chi connectivity index (χ4n) is 3.33. The molecule has 29 heavy (non-hydrogen) atoms. The third-order valence-electron chi connectivity index (χ3n) is 4.95. The first-order valence-electron chi connectivity index (χ1n) is 9.63. The monoisotopic (exact) mass is 418 g/mol. The predicted octanol–water partition coefficient (Wildman–Crippen LogP) is 4.26. The number of ether oxygens (including phenoxy) is 2. The van der Waals surface area contributed by atoms with Crippen LogP contribution in [0, 0.1) is 6.92 Å². The van der Waals surface area contributed by atoms with Gasteiger partial charge in [0.2, 0.25) is 0 Å². The van der Waals surface area contributed by atoms with E-state index in [9.17, 15) is 5.11 Å². The Morgan fingerprint density at radius 2 is 1.93 bits per heavy atom. The molecule has 3 aromatic rings. The molecule has 0 aliphatic heterocycles. The number of aryl methyl sites for hydroxylation is 1. The van der Waals surface area contributed by atoms with Gasteiger partial charge in [-0.2, -0.15) is 0 Å². The molecule has 3 N–H and O–H groups in total. The maximum atomic E-state index is 10.3. The summed E-state index contributed by atoms with van der Waals surface area (Å²) in [5, 5.41) is 15.0. The zero-order valence-electron chi connectivity index (χ0n) is 17.5. The lowest BCUT2D eigenvalue weighted by atomic mass is 9.94. The summed E-state index contributed by atoms with van der Waals surface area (Å²) in [6.07, 6.45) is 2.29. The van der Waals surface area contributed by atoms with E-state index in [0.717, 1.165) is 34.4 Å². The average Bonchev–Trinajstić information content (AvgIpc) is 3.07. The second kappa shape index (κ2) is 10.0. The number of fused-ring (bicyclic) bond motifs is 1. The SMILES string of the molecule is COc1ccc2[nH]cc(CC(C)(C)NCC(O)COc3ccccc3C)c2c1.Cl. The van der Waals surface area contributed by atoms with Gasteiger partial charge in [0, 0.05) is 29.2 Å². The Morgan fingerprint density at radius 3 is 2.66 bits per heavy atom. The number of benzene rings is 2. The van der Waals surface area contributed by atoms with E-state index >= 15 is 0 Å². The second-order valence-corrected chi connectivity index (χ2v) is 7.90. The van der Waals surface area contributed by atoms with Gasteiger partial charge in [0.1, 0.15) is 24.2 Å². The highest BCUT2D eigenvalue weighted by Crippen LogP contribution is 2.26. The molecule has 1 atom stereocenters. The average molecular weight is 419 g/mol. The van der Waals surface area contributed by atoms with Crippen molar-refractivity contribution in [1.82, 2.24) is 10.3 Å². The van der Waals surface area contributed by atoms with Gasteiger partial charge in [-0.3, -0.25) is 0 Å². The van der Waals surface area contributed by atoms with Crippen LogP contribution in [-0.2, 0) is 6.42 Å². The van der Waals surface area contributed by atoms with E-state index in [0.29, 0.717) is 6.54 Å². The lowest BCUT2D eigenvalue weighted by molar-refractivity contribution is 0.0985. The van der Waals surface area contributed by atoms with Gasteiger partial charge in [-0.15, -0.1) is 12.4 Å². The van der Waals surface area contributed by atoms with Crippen LogP contribution in [0.1, 0.15) is 25.0 Å². The number of H-pyrrole nitrogens is 1. The molecule has 158 valence electrons. The highest BCUT2D eigenvalue weighted by Gasteiger charge is 2.21. The Bertz CT molecular complexity index is 923. The van der Waals surface area contributed by atoms with E-state index in [1.165, 1.54) is 5.56 Å². The van der Waals surface area contributed by atoms with Gasteiger partial charge >= 0.3 is 0 Å². The molecule has 0 saturated carbocycles. The van der Waals surface area contributed by atoms with E-state index in [1.54, 1.807) is 7.11 Å². The molecule has 0 aliphatic rings. The smallest absolute Gasteiger partial charge is 0.122 e. The van der Waals surface area contributed by atoms with Crippen LogP contribution in [0.25, 0.3) is 10.9 Å². The van der Waals surface area contributed by atoms with Crippen molar-refractivity contribution in [2.45, 2.75) is 38.8 Å². The number of aromatic nitrogens is 1. The molecule has 0 fully saturated rings. The number of rotatable bonds is 9. The summed E-state index contributed by atoms with van der Waals surface area (Å²) in [6, 6.07) is 13.9. The molecule has 3 rings (SSSR count). The molecule has 0 radical (unpaired) electrons. The van der Waals surface area contributed by atoms with Crippen LogP contribution in [0.4, 0.5) is 0 Å². The van der Waals surface area contributed by atoms with Gasteiger partial charge in [0.15, 0.2) is 0 Å². The molecule has 0 amide bonds. The van der Waals surface area contributed by atoms with E-state index in [2.05, 4.69) is 30.2 Å². The van der Waals surface area contributed by atoms with Crippen LogP contribution < -0.4 is 14.8 Å². The predicted molar refractivity (Wildman–Crippen MR) is 121 cm³/mol. The van der Waals surface area contributed by atoms with Crippen LogP contribution in [-0.4, -0.2) is 42.0 Å². The number of hydrogen-bond donors (Lipinski definition) is 3. The number of halogens is 1. The maximum Gasteiger partial charge on any atom is 0.122 e. The maximum absolute atomic E-state index is 10.3. The molecule has 0 saturated heterocycles. The van der Waals surface area contributed by atoms with Crippen molar-refractivity contribution in [2.75, 3.05) is 20.3 Å². The molecular weight excluding hydrogens is 388 g/mol. The molecular formula is C23H31ClN2O3. The zero-order chi connectivity index (χ0) is 20.1. The summed E-state index contributed by atoms with van der Waals surface area (Å²) in [6.45, 7) is 7.00. The Hall–Kier alpha value is -2.21. The Morgan fingerprint density at radius 1 is 1.17 bits per heavy atom. The van der Waals surface area contributed by atoms with Crippen molar-refractivity contribution < 1.29 is 14.6 Å². The summed E-state index contributed by atoms with van der Waals surface area (Å²) in [5.74, 6) is 1.66. The summed E-state index contributed by atoms with van der Waals surface area (Å²) in [5.41, 5.74) is 3.20. The molecule has 1 unspecified atom stereocenters. The Kier molecular flexibility index (Phi) is 7.96. The van der Waals surface area contributed by atoms with Crippen LogP contribution >= 0.6 is 12.4 Å². The fraction of sp³-hybridized carbons (Fsp3) is 0.391. The number of hydrogen-bond acceptors (Lipinski definition) is 4. The highest BCUT2D eigenvalue weighted by atomic mass is 35.5. The minimum atomic E-state index is -0.582. The quantitative estimate of drug-likeness (QED) is 0.485. The van der Waals surface area contributed by atoms with Crippen LogP contribution in [0.3, 0.4) is 0 Å². The number of aromatic amines is 1. The number of methoxy groups -OCH3 is 1. The van der Waals surface area contributed by atoms with Crippen molar-refractivity contribution >= 4 is 23.3 Å². The van der Waals surface area contributed by atoms with Crippen molar-refractivity contribution in [3.05, 3.63) is 59.8 Å². The van der Waals surface area contributed by atoms with Crippen LogP contribution in [0.15, 0.2) is 48.7 Å². The number of para-hydroxylation sites is 1. The Balaban J connectivity index is 0.00000300. The van der Waals surface area contributed by atoms with Gasteiger partial charge in [0.05, 0.1) is 7.11 Å². The normalized spacial score (nSPS) is 12.4. The minimum absolute atomic E-state index is 0. The molecule has 1 aromatic heterocycles. The third-order valence-corrected chi connectivity index (χ3v) is 4.95. The Labute approximate surface area is 178 Å². The topological polar surface area (TPSA) is 66.5 Å². The summed E-state index contributed by atoms with van der Waals surface area (Å²) in [4.78, 5) is 3.32. The number of aliphatic hydroxyl groups is 1. The van der Waals surface area contributed by atoms with Crippen molar-refractivity contribution in [3.63, 3.8) is 0 Å². The second-order valence-electron chi connectivity index (χ2n) is 7.90. The zero-order valence-corrected chi connectivity index (χ0v) is 18.3. The van der Waals surface area contributed by atoms with Crippen LogP contribution in [0.2, 0.25) is 0 Å². The van der Waals surface area contributed by atoms with Crippen molar-refractivity contribution in [2.24, 2.45) is 0 Å². The molecule has 2 aromatic carbocycles. The van der Waals surface area contributed by atoms with E-state index < -0.39 is 6.10 Å².